The molecule has 6 heteroatoms. The van der Waals surface area contributed by atoms with E-state index >= 15 is 0 Å². The Hall–Kier alpha value is -2.53. The minimum atomic E-state index is -1.05. The van der Waals surface area contributed by atoms with Crippen LogP contribution >= 0.6 is 11.6 Å². The number of hydrogen-bond acceptors (Lipinski definition) is 2. The highest BCUT2D eigenvalue weighted by Crippen LogP contribution is 2.32. The van der Waals surface area contributed by atoms with E-state index < -0.39 is 5.97 Å². The van der Waals surface area contributed by atoms with E-state index in [9.17, 15) is 14.7 Å². The molecule has 3 rings (SSSR count). The zero-order valence-corrected chi connectivity index (χ0v) is 10.9. The van der Waals surface area contributed by atoms with Gasteiger partial charge in [-0.15, -0.1) is 0 Å². The van der Waals surface area contributed by atoms with Crippen molar-refractivity contribution in [1.29, 1.82) is 0 Å². The highest BCUT2D eigenvalue weighted by Gasteiger charge is 2.15. The van der Waals surface area contributed by atoms with E-state index in [0.29, 0.717) is 27.2 Å². The summed E-state index contributed by atoms with van der Waals surface area (Å²) in [7, 11) is 0. The summed E-state index contributed by atoms with van der Waals surface area (Å²) in [5.74, 6) is -1.05. The molecule has 0 aliphatic carbocycles. The number of aromatic nitrogens is 2. The molecule has 0 aliphatic heterocycles. The molecule has 0 saturated carbocycles. The van der Waals surface area contributed by atoms with Gasteiger partial charge in [-0.3, -0.25) is 0 Å². The number of hydrogen-bond donors (Lipinski definition) is 3. The maximum absolute atomic E-state index is 11.3. The lowest BCUT2D eigenvalue weighted by atomic mass is 9.99. The molecule has 1 aromatic heterocycles. The normalized spacial score (nSPS) is 10.8. The van der Waals surface area contributed by atoms with Crippen molar-refractivity contribution >= 4 is 28.6 Å². The lowest BCUT2D eigenvalue weighted by Crippen LogP contribution is -2.00. The van der Waals surface area contributed by atoms with Crippen molar-refractivity contribution in [2.24, 2.45) is 0 Å². The maximum Gasteiger partial charge on any atom is 0.336 e. The molecule has 0 atom stereocenters. The molecule has 100 valence electrons. The van der Waals surface area contributed by atoms with Crippen LogP contribution in [0.15, 0.2) is 41.2 Å². The fourth-order valence-electron chi connectivity index (χ4n) is 2.18. The number of halogens is 1. The summed E-state index contributed by atoms with van der Waals surface area (Å²) in [5.41, 5.74) is 2.14. The first-order chi connectivity index (χ1) is 9.56. The van der Waals surface area contributed by atoms with Crippen LogP contribution in [0, 0.1) is 0 Å². The lowest BCUT2D eigenvalue weighted by Gasteiger charge is -2.08. The van der Waals surface area contributed by atoms with Crippen LogP contribution in [0.1, 0.15) is 10.4 Å². The van der Waals surface area contributed by atoms with Crippen LogP contribution in [0.5, 0.6) is 0 Å². The summed E-state index contributed by atoms with van der Waals surface area (Å²) in [5, 5.41) is 9.60. The van der Waals surface area contributed by atoms with Gasteiger partial charge in [0.15, 0.2) is 0 Å². The third-order valence-electron chi connectivity index (χ3n) is 3.05. The summed E-state index contributed by atoms with van der Waals surface area (Å²) in [6.07, 6.45) is 0. The minimum Gasteiger partial charge on any atom is -0.478 e. The summed E-state index contributed by atoms with van der Waals surface area (Å²) in [4.78, 5) is 27.8. The van der Waals surface area contributed by atoms with Crippen molar-refractivity contribution in [2.45, 2.75) is 0 Å². The van der Waals surface area contributed by atoms with Gasteiger partial charge in [-0.1, -0.05) is 23.7 Å². The summed E-state index contributed by atoms with van der Waals surface area (Å²) >= 11 is 6.12. The first kappa shape index (κ1) is 12.5. The van der Waals surface area contributed by atoms with Gasteiger partial charge in [0.2, 0.25) is 0 Å². The van der Waals surface area contributed by atoms with Gasteiger partial charge in [0.05, 0.1) is 16.6 Å². The van der Waals surface area contributed by atoms with Crippen molar-refractivity contribution in [3.05, 3.63) is 57.5 Å². The number of aromatic amines is 2. The average Bonchev–Trinajstić information content (AvgIpc) is 2.77. The summed E-state index contributed by atoms with van der Waals surface area (Å²) in [6, 6.07) is 9.84. The fraction of sp³-hybridized carbons (Fsp3) is 0. The number of imidazole rings is 1. The van der Waals surface area contributed by atoms with Crippen LogP contribution < -0.4 is 5.69 Å². The molecule has 0 fully saturated rings. The van der Waals surface area contributed by atoms with E-state index in [1.165, 1.54) is 6.07 Å². The largest absolute Gasteiger partial charge is 0.478 e. The number of rotatable bonds is 2. The second-order valence-corrected chi connectivity index (χ2v) is 4.71. The Morgan fingerprint density at radius 3 is 2.60 bits per heavy atom. The standard InChI is InChI=1S/C14H9ClN2O3/c15-9-3-1-2-8(13(18)19)12(9)7-4-5-10-11(6-7)17-14(20)16-10/h1-6H,(H,18,19)(H2,16,17,20). The second-order valence-electron chi connectivity index (χ2n) is 4.31. The number of fused-ring (bicyclic) bond motifs is 1. The third-order valence-corrected chi connectivity index (χ3v) is 3.36. The molecular formula is C14H9ClN2O3. The quantitative estimate of drug-likeness (QED) is 0.678. The second kappa shape index (κ2) is 4.54. The van der Waals surface area contributed by atoms with Crippen LogP contribution in [0.25, 0.3) is 22.2 Å². The Morgan fingerprint density at radius 1 is 1.10 bits per heavy atom. The van der Waals surface area contributed by atoms with Gasteiger partial charge in [-0.2, -0.15) is 0 Å². The zero-order chi connectivity index (χ0) is 14.3. The molecule has 0 radical (unpaired) electrons. The van der Waals surface area contributed by atoms with E-state index in [-0.39, 0.29) is 11.3 Å². The average molecular weight is 289 g/mol. The molecule has 0 amide bonds. The first-order valence-electron chi connectivity index (χ1n) is 5.80. The van der Waals surface area contributed by atoms with Gasteiger partial charge in [0.25, 0.3) is 0 Å². The summed E-state index contributed by atoms with van der Waals surface area (Å²) < 4.78 is 0. The SMILES string of the molecule is O=C(O)c1cccc(Cl)c1-c1ccc2[nH]c(=O)[nH]c2c1. The maximum atomic E-state index is 11.3. The van der Waals surface area contributed by atoms with Gasteiger partial charge < -0.3 is 15.1 Å². The highest BCUT2D eigenvalue weighted by atomic mass is 35.5. The number of benzene rings is 2. The number of aromatic carboxylic acids is 1. The van der Waals surface area contributed by atoms with Crippen LogP contribution in [0.2, 0.25) is 5.02 Å². The van der Waals surface area contributed by atoms with Crippen molar-refractivity contribution in [3.63, 3.8) is 0 Å². The number of nitrogens with one attached hydrogen (secondary N) is 2. The molecular weight excluding hydrogens is 280 g/mol. The van der Waals surface area contributed by atoms with E-state index in [4.69, 9.17) is 11.6 Å². The minimum absolute atomic E-state index is 0.120. The third kappa shape index (κ3) is 1.98. The number of carboxylic acids is 1. The van der Waals surface area contributed by atoms with Crippen LogP contribution in [0.4, 0.5) is 0 Å². The lowest BCUT2D eigenvalue weighted by molar-refractivity contribution is 0.0697. The molecule has 3 aromatic rings. The molecule has 0 spiro atoms. The molecule has 0 unspecified atom stereocenters. The Kier molecular flexibility index (Phi) is 2.84. The van der Waals surface area contributed by atoms with Gasteiger partial charge in [0.1, 0.15) is 0 Å². The molecule has 2 aromatic carbocycles. The Bertz CT molecular complexity index is 880. The van der Waals surface area contributed by atoms with Crippen molar-refractivity contribution in [2.75, 3.05) is 0 Å². The predicted octanol–water partition coefficient (Wildman–Crippen LogP) is 2.87. The topological polar surface area (TPSA) is 85.9 Å². The van der Waals surface area contributed by atoms with Gasteiger partial charge in [-0.05, 0) is 29.8 Å². The number of carboxylic acid groups (broad SMARTS) is 1. The van der Waals surface area contributed by atoms with Gasteiger partial charge in [0, 0.05) is 10.6 Å². The Morgan fingerprint density at radius 2 is 1.85 bits per heavy atom. The van der Waals surface area contributed by atoms with Crippen LogP contribution in [0.3, 0.4) is 0 Å². The van der Waals surface area contributed by atoms with Crippen LogP contribution in [-0.2, 0) is 0 Å². The zero-order valence-electron chi connectivity index (χ0n) is 10.1. The molecule has 1 heterocycles. The van der Waals surface area contributed by atoms with Gasteiger partial charge >= 0.3 is 11.7 Å². The number of carbonyl (C=O) groups is 1. The van der Waals surface area contributed by atoms with E-state index in [1.807, 2.05) is 0 Å². The molecule has 0 bridgehead atoms. The first-order valence-corrected chi connectivity index (χ1v) is 6.18. The van der Waals surface area contributed by atoms with Crippen LogP contribution in [-0.4, -0.2) is 21.0 Å². The molecule has 0 saturated heterocycles. The van der Waals surface area contributed by atoms with Crippen molar-refractivity contribution in [3.8, 4) is 11.1 Å². The van der Waals surface area contributed by atoms with Gasteiger partial charge in [-0.25, -0.2) is 9.59 Å². The van der Waals surface area contributed by atoms with Crippen molar-refractivity contribution < 1.29 is 9.90 Å². The highest BCUT2D eigenvalue weighted by molar-refractivity contribution is 6.34. The Labute approximate surface area is 117 Å². The summed E-state index contributed by atoms with van der Waals surface area (Å²) in [6.45, 7) is 0. The van der Waals surface area contributed by atoms with E-state index in [2.05, 4.69) is 9.97 Å². The van der Waals surface area contributed by atoms with Crippen molar-refractivity contribution in [1.82, 2.24) is 9.97 Å². The Balaban J connectivity index is 2.29. The number of H-pyrrole nitrogens is 2. The molecule has 5 nitrogen and oxygen atoms in total. The molecule has 20 heavy (non-hydrogen) atoms. The monoisotopic (exact) mass is 288 g/mol. The van der Waals surface area contributed by atoms with E-state index in [1.54, 1.807) is 30.3 Å². The fourth-order valence-corrected chi connectivity index (χ4v) is 2.47. The molecule has 0 aliphatic rings. The van der Waals surface area contributed by atoms with E-state index in [0.717, 1.165) is 0 Å². The predicted molar refractivity (Wildman–Crippen MR) is 76.3 cm³/mol. The molecule has 3 N–H and O–H groups in total. The smallest absolute Gasteiger partial charge is 0.336 e.